The van der Waals surface area contributed by atoms with Crippen molar-refractivity contribution in [3.8, 4) is 0 Å². The van der Waals surface area contributed by atoms with E-state index in [-0.39, 0.29) is 5.69 Å². The zero-order valence-electron chi connectivity index (χ0n) is 9.58. The van der Waals surface area contributed by atoms with Gasteiger partial charge in [-0.05, 0) is 30.3 Å². The Kier molecular flexibility index (Phi) is 4.19. The van der Waals surface area contributed by atoms with Crippen LogP contribution in [0.15, 0.2) is 52.3 Å². The van der Waals surface area contributed by atoms with Crippen molar-refractivity contribution in [3.05, 3.63) is 63.2 Å². The van der Waals surface area contributed by atoms with Gasteiger partial charge in [-0.1, -0.05) is 23.4 Å². The van der Waals surface area contributed by atoms with E-state index in [1.807, 2.05) is 0 Å². The Morgan fingerprint density at radius 3 is 2.42 bits per heavy atom. The summed E-state index contributed by atoms with van der Waals surface area (Å²) in [5, 5.41) is 11.1. The zero-order chi connectivity index (χ0) is 13.8. The van der Waals surface area contributed by atoms with E-state index in [1.165, 1.54) is 23.9 Å². The summed E-state index contributed by atoms with van der Waals surface area (Å²) >= 11 is 7.22. The van der Waals surface area contributed by atoms with Crippen LogP contribution in [-0.2, 0) is 0 Å². The van der Waals surface area contributed by atoms with Crippen LogP contribution in [0, 0.1) is 10.1 Å². The number of hydrogen-bond acceptors (Lipinski definition) is 4. The number of nitrogens with zero attached hydrogens (tertiary/aromatic N) is 1. The number of carbonyl (C=O) groups is 1. The number of nitro benzene ring substituents is 1. The normalized spacial score (nSPS) is 10.2. The maximum Gasteiger partial charge on any atom is 0.269 e. The maximum absolute atomic E-state index is 10.9. The van der Waals surface area contributed by atoms with E-state index in [0.29, 0.717) is 10.6 Å². The predicted molar refractivity (Wildman–Crippen MR) is 74.1 cm³/mol. The van der Waals surface area contributed by atoms with Gasteiger partial charge in [0.05, 0.1) is 4.92 Å². The first kappa shape index (κ1) is 13.6. The van der Waals surface area contributed by atoms with Crippen molar-refractivity contribution in [1.82, 2.24) is 0 Å². The highest BCUT2D eigenvalue weighted by Crippen LogP contribution is 2.32. The number of nitro groups is 1. The molecule has 0 aromatic heterocycles. The van der Waals surface area contributed by atoms with Gasteiger partial charge in [0.2, 0.25) is 0 Å². The second-order valence-corrected chi connectivity index (χ2v) is 5.20. The second-order valence-electron chi connectivity index (χ2n) is 3.65. The molecule has 0 aliphatic carbocycles. The zero-order valence-corrected chi connectivity index (χ0v) is 11.1. The molecule has 0 fully saturated rings. The van der Waals surface area contributed by atoms with Crippen molar-refractivity contribution in [1.29, 1.82) is 0 Å². The average Bonchev–Trinajstić information content (AvgIpc) is 2.39. The molecule has 0 heterocycles. The Bertz CT molecular complexity index is 628. The molecule has 0 radical (unpaired) electrons. The van der Waals surface area contributed by atoms with Crippen molar-refractivity contribution in [2.75, 3.05) is 0 Å². The first-order valence-electron chi connectivity index (χ1n) is 5.27. The van der Waals surface area contributed by atoms with Gasteiger partial charge in [0.1, 0.15) is 0 Å². The number of hydrogen-bond donors (Lipinski definition) is 0. The first-order chi connectivity index (χ1) is 9.10. The van der Waals surface area contributed by atoms with E-state index in [9.17, 15) is 14.9 Å². The third-order valence-electron chi connectivity index (χ3n) is 2.38. The van der Waals surface area contributed by atoms with Crippen LogP contribution in [0.2, 0.25) is 5.02 Å². The first-order valence-corrected chi connectivity index (χ1v) is 6.46. The minimum atomic E-state index is -0.454. The van der Waals surface area contributed by atoms with Gasteiger partial charge in [-0.3, -0.25) is 14.9 Å². The Labute approximate surface area is 118 Å². The summed E-state index contributed by atoms with van der Waals surface area (Å²) in [6.07, 6.45) is 0.754. The highest BCUT2D eigenvalue weighted by Gasteiger charge is 2.08. The SMILES string of the molecule is O=Cc1ccc(Cl)cc1Sc1ccc([N+](=O)[O-])cc1. The van der Waals surface area contributed by atoms with E-state index in [4.69, 9.17) is 11.6 Å². The van der Waals surface area contributed by atoms with Gasteiger partial charge in [0, 0.05) is 32.5 Å². The number of rotatable bonds is 4. The standard InChI is InChI=1S/C13H8ClNO3S/c14-10-2-1-9(8-16)13(7-10)19-12-5-3-11(4-6-12)15(17)18/h1-8H. The molecular weight excluding hydrogens is 286 g/mol. The van der Waals surface area contributed by atoms with Crippen LogP contribution in [0.5, 0.6) is 0 Å². The van der Waals surface area contributed by atoms with Gasteiger partial charge in [-0.2, -0.15) is 0 Å². The molecule has 2 rings (SSSR count). The Morgan fingerprint density at radius 2 is 1.84 bits per heavy atom. The van der Waals surface area contributed by atoms with Gasteiger partial charge in [-0.15, -0.1) is 0 Å². The second kappa shape index (κ2) is 5.86. The smallest absolute Gasteiger partial charge is 0.269 e. The predicted octanol–water partition coefficient (Wildman–Crippen LogP) is 4.21. The minimum Gasteiger partial charge on any atom is -0.298 e. The quantitative estimate of drug-likeness (QED) is 0.481. The lowest BCUT2D eigenvalue weighted by molar-refractivity contribution is -0.384. The molecule has 19 heavy (non-hydrogen) atoms. The van der Waals surface area contributed by atoms with Crippen LogP contribution in [0.3, 0.4) is 0 Å². The fourth-order valence-electron chi connectivity index (χ4n) is 1.46. The Morgan fingerprint density at radius 1 is 1.16 bits per heavy atom. The van der Waals surface area contributed by atoms with E-state index >= 15 is 0 Å². The third-order valence-corrected chi connectivity index (χ3v) is 3.69. The molecule has 0 amide bonds. The van der Waals surface area contributed by atoms with Crippen molar-refractivity contribution in [2.24, 2.45) is 0 Å². The fraction of sp³-hybridized carbons (Fsp3) is 0. The molecule has 0 bridgehead atoms. The summed E-state index contributed by atoms with van der Waals surface area (Å²) in [6, 6.07) is 11.1. The summed E-state index contributed by atoms with van der Waals surface area (Å²) < 4.78 is 0. The number of aldehydes is 1. The van der Waals surface area contributed by atoms with Crippen molar-refractivity contribution >= 4 is 35.3 Å². The van der Waals surface area contributed by atoms with Crippen LogP contribution < -0.4 is 0 Å². The third kappa shape index (κ3) is 3.33. The molecule has 2 aromatic rings. The minimum absolute atomic E-state index is 0.0334. The van der Waals surface area contributed by atoms with Gasteiger partial charge in [0.15, 0.2) is 6.29 Å². The Balaban J connectivity index is 2.28. The van der Waals surface area contributed by atoms with Crippen LogP contribution in [-0.4, -0.2) is 11.2 Å². The summed E-state index contributed by atoms with van der Waals surface area (Å²) in [6.45, 7) is 0. The topological polar surface area (TPSA) is 60.2 Å². The van der Waals surface area contributed by atoms with E-state index < -0.39 is 4.92 Å². The maximum atomic E-state index is 10.9. The molecule has 6 heteroatoms. The highest BCUT2D eigenvalue weighted by molar-refractivity contribution is 7.99. The molecule has 2 aromatic carbocycles. The number of non-ortho nitro benzene ring substituents is 1. The lowest BCUT2D eigenvalue weighted by Crippen LogP contribution is -1.87. The van der Waals surface area contributed by atoms with Gasteiger partial charge in [-0.25, -0.2) is 0 Å². The van der Waals surface area contributed by atoms with Crippen molar-refractivity contribution in [2.45, 2.75) is 9.79 Å². The van der Waals surface area contributed by atoms with E-state index in [1.54, 1.807) is 30.3 Å². The molecule has 4 nitrogen and oxygen atoms in total. The monoisotopic (exact) mass is 293 g/mol. The molecule has 0 aliphatic heterocycles. The molecule has 0 aliphatic rings. The molecule has 0 N–H and O–H groups in total. The lowest BCUT2D eigenvalue weighted by atomic mass is 10.2. The van der Waals surface area contributed by atoms with Gasteiger partial charge < -0.3 is 0 Å². The van der Waals surface area contributed by atoms with Crippen LogP contribution in [0.4, 0.5) is 5.69 Å². The Hall–Kier alpha value is -1.85. The fourth-order valence-corrected chi connectivity index (χ4v) is 2.64. The molecule has 0 atom stereocenters. The lowest BCUT2D eigenvalue weighted by Gasteiger charge is -2.05. The molecule has 0 spiro atoms. The van der Waals surface area contributed by atoms with Crippen LogP contribution in [0.1, 0.15) is 10.4 Å². The highest BCUT2D eigenvalue weighted by atomic mass is 35.5. The van der Waals surface area contributed by atoms with Crippen LogP contribution >= 0.6 is 23.4 Å². The molecule has 96 valence electrons. The van der Waals surface area contributed by atoms with Crippen molar-refractivity contribution in [3.63, 3.8) is 0 Å². The summed E-state index contributed by atoms with van der Waals surface area (Å²) in [7, 11) is 0. The van der Waals surface area contributed by atoms with Gasteiger partial charge >= 0.3 is 0 Å². The average molecular weight is 294 g/mol. The molecule has 0 saturated carbocycles. The van der Waals surface area contributed by atoms with Crippen LogP contribution in [0.25, 0.3) is 0 Å². The number of halogens is 1. The summed E-state index contributed by atoms with van der Waals surface area (Å²) in [4.78, 5) is 22.5. The number of carbonyl (C=O) groups excluding carboxylic acids is 1. The summed E-state index contributed by atoms with van der Waals surface area (Å²) in [5.41, 5.74) is 0.568. The van der Waals surface area contributed by atoms with E-state index in [2.05, 4.69) is 0 Å². The summed E-state index contributed by atoms with van der Waals surface area (Å²) in [5.74, 6) is 0. The van der Waals surface area contributed by atoms with Gasteiger partial charge in [0.25, 0.3) is 5.69 Å². The molecule has 0 unspecified atom stereocenters. The molecule has 0 saturated heterocycles. The van der Waals surface area contributed by atoms with E-state index in [0.717, 1.165) is 16.1 Å². The molecular formula is C13H8ClNO3S. The van der Waals surface area contributed by atoms with Crippen molar-refractivity contribution < 1.29 is 9.72 Å². The number of benzene rings is 2. The largest absolute Gasteiger partial charge is 0.298 e.